The molecule has 0 fully saturated rings. The lowest BCUT2D eigenvalue weighted by Crippen LogP contribution is -2.42. The van der Waals surface area contributed by atoms with Gasteiger partial charge < -0.3 is 20.5 Å². The van der Waals surface area contributed by atoms with E-state index in [0.29, 0.717) is 34.1 Å². The van der Waals surface area contributed by atoms with Crippen molar-refractivity contribution in [2.75, 3.05) is 6.54 Å². The number of aromatic nitrogens is 2. The molecule has 1 aromatic carbocycles. The average molecular weight is 417 g/mol. The van der Waals surface area contributed by atoms with Gasteiger partial charge in [-0.3, -0.25) is 14.6 Å². The topological polar surface area (TPSA) is 113 Å². The lowest BCUT2D eigenvalue weighted by Gasteiger charge is -2.29. The number of nitrogens with one attached hydrogen (secondary N) is 2. The van der Waals surface area contributed by atoms with Gasteiger partial charge in [-0.2, -0.15) is 0 Å². The van der Waals surface area contributed by atoms with Crippen LogP contribution in [0.4, 0.5) is 0 Å². The fourth-order valence-corrected chi connectivity index (χ4v) is 3.01. The molecule has 1 aromatic heterocycles. The molecule has 1 aliphatic rings. The van der Waals surface area contributed by atoms with Crippen LogP contribution in [0.3, 0.4) is 0 Å². The molecule has 0 unspecified atom stereocenters. The van der Waals surface area contributed by atoms with E-state index in [1.807, 2.05) is 0 Å². The molecule has 152 valence electrons. The van der Waals surface area contributed by atoms with Gasteiger partial charge in [0.15, 0.2) is 6.10 Å². The number of ether oxygens (including phenoxy) is 1. The molecule has 2 heterocycles. The second-order valence-corrected chi connectivity index (χ2v) is 7.12. The fourth-order valence-electron chi connectivity index (χ4n) is 2.83. The molecule has 0 saturated heterocycles. The summed E-state index contributed by atoms with van der Waals surface area (Å²) in [5.41, 5.74) is 1.90. The van der Waals surface area contributed by atoms with E-state index in [2.05, 4.69) is 27.2 Å². The lowest BCUT2D eigenvalue weighted by molar-refractivity contribution is -0.130. The number of hydrogen-bond donors (Lipinski definition) is 3. The van der Waals surface area contributed by atoms with Gasteiger partial charge in [0.2, 0.25) is 0 Å². The van der Waals surface area contributed by atoms with Gasteiger partial charge in [0.05, 0.1) is 18.0 Å². The molecule has 0 aliphatic carbocycles. The Morgan fingerprint density at radius 2 is 2.14 bits per heavy atom. The summed E-state index contributed by atoms with van der Waals surface area (Å²) in [4.78, 5) is 32.5. The summed E-state index contributed by atoms with van der Waals surface area (Å²) in [7, 11) is 0. The molecule has 0 bridgehead atoms. The van der Waals surface area contributed by atoms with Gasteiger partial charge in [-0.05, 0) is 25.1 Å². The van der Waals surface area contributed by atoms with E-state index in [4.69, 9.17) is 16.3 Å². The lowest BCUT2D eigenvalue weighted by atomic mass is 9.98. The first-order valence-electron chi connectivity index (χ1n) is 9.03. The zero-order chi connectivity index (χ0) is 21.0. The summed E-state index contributed by atoms with van der Waals surface area (Å²) in [6.45, 7) is 5.81. The maximum absolute atomic E-state index is 12.4. The van der Waals surface area contributed by atoms with Crippen molar-refractivity contribution in [3.63, 3.8) is 0 Å². The molecule has 3 rings (SSSR count). The number of aliphatic hydroxyl groups excluding tert-OH is 1. The zero-order valence-electron chi connectivity index (χ0n) is 15.8. The number of fused-ring (bicyclic) bond motifs is 1. The third kappa shape index (κ3) is 5.30. The van der Waals surface area contributed by atoms with E-state index in [9.17, 15) is 14.7 Å². The highest BCUT2D eigenvalue weighted by molar-refractivity contribution is 6.30. The number of carbonyl (C=O) groups excluding carboxylic acids is 2. The number of halogens is 1. The maximum atomic E-state index is 12.4. The summed E-state index contributed by atoms with van der Waals surface area (Å²) in [5, 5.41) is 16.1. The van der Waals surface area contributed by atoms with E-state index in [1.165, 1.54) is 12.4 Å². The van der Waals surface area contributed by atoms with Gasteiger partial charge in [-0.1, -0.05) is 18.2 Å². The van der Waals surface area contributed by atoms with Crippen molar-refractivity contribution in [1.82, 2.24) is 20.6 Å². The van der Waals surface area contributed by atoms with Crippen molar-refractivity contribution in [2.45, 2.75) is 32.0 Å². The normalized spacial score (nSPS) is 17.6. The van der Waals surface area contributed by atoms with Crippen LogP contribution < -0.4 is 15.4 Å². The number of carbonyl (C=O) groups is 2. The zero-order valence-corrected chi connectivity index (χ0v) is 16.6. The van der Waals surface area contributed by atoms with Crippen LogP contribution in [-0.4, -0.2) is 39.5 Å². The highest BCUT2D eigenvalue weighted by Crippen LogP contribution is 2.36. The molecule has 2 amide bonds. The average Bonchev–Trinajstić information content (AvgIpc) is 2.68. The largest absolute Gasteiger partial charge is 0.480 e. The molecule has 0 saturated carbocycles. The smallest absolute Gasteiger partial charge is 0.275 e. The predicted molar refractivity (Wildman–Crippen MR) is 106 cm³/mol. The van der Waals surface area contributed by atoms with Crippen LogP contribution in [0.25, 0.3) is 0 Å². The van der Waals surface area contributed by atoms with Crippen LogP contribution in [-0.2, 0) is 4.79 Å². The van der Waals surface area contributed by atoms with Gasteiger partial charge in [-0.25, -0.2) is 4.98 Å². The number of hydrogen-bond acceptors (Lipinski definition) is 6. The Morgan fingerprint density at radius 1 is 1.34 bits per heavy atom. The summed E-state index contributed by atoms with van der Waals surface area (Å²) < 4.78 is 5.67. The molecule has 3 N–H and O–H groups in total. The van der Waals surface area contributed by atoms with Gasteiger partial charge in [0.25, 0.3) is 11.8 Å². The SMILES string of the molecule is C=C(CCNC(=O)[C@H]1C[C@@H](O)c2cc(Cl)ccc2O1)NC(=O)c1cnc(C)cn1. The predicted octanol–water partition coefficient (Wildman–Crippen LogP) is 2.07. The Bertz CT molecular complexity index is 933. The second kappa shape index (κ2) is 9.02. The molecule has 0 radical (unpaired) electrons. The molecule has 29 heavy (non-hydrogen) atoms. The van der Waals surface area contributed by atoms with Crippen molar-refractivity contribution >= 4 is 23.4 Å². The Morgan fingerprint density at radius 3 is 2.86 bits per heavy atom. The highest BCUT2D eigenvalue weighted by Gasteiger charge is 2.31. The van der Waals surface area contributed by atoms with Crippen LogP contribution in [0.5, 0.6) is 5.75 Å². The molecule has 2 aromatic rings. The van der Waals surface area contributed by atoms with E-state index in [-0.39, 0.29) is 24.6 Å². The van der Waals surface area contributed by atoms with E-state index in [1.54, 1.807) is 25.1 Å². The molecular formula is C20H21ClN4O4. The van der Waals surface area contributed by atoms with E-state index in [0.717, 1.165) is 0 Å². The Balaban J connectivity index is 1.46. The van der Waals surface area contributed by atoms with Crippen molar-refractivity contribution in [2.24, 2.45) is 0 Å². The Labute approximate surface area is 173 Å². The summed E-state index contributed by atoms with van der Waals surface area (Å²) in [5.74, 6) is -0.333. The number of benzene rings is 1. The van der Waals surface area contributed by atoms with Crippen LogP contribution in [0.1, 0.15) is 40.7 Å². The number of amides is 2. The summed E-state index contributed by atoms with van der Waals surface area (Å²) in [6.07, 6.45) is 1.70. The molecule has 9 heteroatoms. The Hall–Kier alpha value is -2.97. The monoisotopic (exact) mass is 416 g/mol. The second-order valence-electron chi connectivity index (χ2n) is 6.68. The quantitative estimate of drug-likeness (QED) is 0.664. The number of aliphatic hydroxyl groups is 1. The summed E-state index contributed by atoms with van der Waals surface area (Å²) >= 11 is 5.93. The van der Waals surface area contributed by atoms with E-state index < -0.39 is 18.1 Å². The van der Waals surface area contributed by atoms with Crippen molar-refractivity contribution in [3.05, 3.63) is 64.8 Å². The first-order valence-corrected chi connectivity index (χ1v) is 9.41. The number of rotatable bonds is 6. The third-order valence-corrected chi connectivity index (χ3v) is 4.59. The Kier molecular flexibility index (Phi) is 6.46. The minimum Gasteiger partial charge on any atom is -0.480 e. The molecular weight excluding hydrogens is 396 g/mol. The van der Waals surface area contributed by atoms with Crippen LogP contribution in [0.2, 0.25) is 5.02 Å². The van der Waals surface area contributed by atoms with Crippen molar-refractivity contribution in [1.29, 1.82) is 0 Å². The fraction of sp³-hybridized carbons (Fsp3) is 0.300. The summed E-state index contributed by atoms with van der Waals surface area (Å²) in [6, 6.07) is 4.89. The third-order valence-electron chi connectivity index (χ3n) is 4.36. The number of aryl methyl sites for hydroxylation is 1. The standard InChI is InChI=1S/C20H21ClN4O4/c1-11(25-19(27)15-10-23-12(2)9-24-15)5-6-22-20(28)18-8-16(26)14-7-13(21)3-4-17(14)29-18/h3-4,7,9-10,16,18,26H,1,5-6,8H2,2H3,(H,22,28)(H,25,27)/t16-,18-/m1/s1. The molecule has 0 spiro atoms. The molecule has 8 nitrogen and oxygen atoms in total. The van der Waals surface area contributed by atoms with Crippen molar-refractivity contribution < 1.29 is 19.4 Å². The highest BCUT2D eigenvalue weighted by atomic mass is 35.5. The van der Waals surface area contributed by atoms with Gasteiger partial charge in [-0.15, -0.1) is 0 Å². The maximum Gasteiger partial charge on any atom is 0.275 e. The first-order chi connectivity index (χ1) is 13.8. The number of nitrogens with zero attached hydrogens (tertiary/aromatic N) is 2. The molecule has 1 aliphatic heterocycles. The van der Waals surface area contributed by atoms with Gasteiger partial charge in [0, 0.05) is 41.9 Å². The van der Waals surface area contributed by atoms with Crippen LogP contribution >= 0.6 is 11.6 Å². The van der Waals surface area contributed by atoms with Gasteiger partial charge in [0.1, 0.15) is 11.4 Å². The minimum absolute atomic E-state index is 0.128. The van der Waals surface area contributed by atoms with E-state index >= 15 is 0 Å². The minimum atomic E-state index is -0.835. The van der Waals surface area contributed by atoms with Crippen LogP contribution in [0, 0.1) is 6.92 Å². The first kappa shape index (κ1) is 20.8. The molecule has 2 atom stereocenters. The van der Waals surface area contributed by atoms with Crippen LogP contribution in [0.15, 0.2) is 42.9 Å². The van der Waals surface area contributed by atoms with Crippen molar-refractivity contribution in [3.8, 4) is 5.75 Å². The van der Waals surface area contributed by atoms with Gasteiger partial charge >= 0.3 is 0 Å².